The SMILES string of the molecule is CC(=O)c1cccc(SCl)c1. The lowest BCUT2D eigenvalue weighted by Crippen LogP contribution is -1.90. The third kappa shape index (κ3) is 2.24. The van der Waals surface area contributed by atoms with Crippen LogP contribution in [0, 0.1) is 0 Å². The van der Waals surface area contributed by atoms with Crippen molar-refractivity contribution in [2.24, 2.45) is 0 Å². The molecule has 1 aromatic rings. The van der Waals surface area contributed by atoms with Gasteiger partial charge in [-0.05, 0) is 40.7 Å². The summed E-state index contributed by atoms with van der Waals surface area (Å²) in [6.45, 7) is 1.54. The second-order valence-corrected chi connectivity index (χ2v) is 3.25. The zero-order valence-corrected chi connectivity index (χ0v) is 7.58. The minimum Gasteiger partial charge on any atom is -0.295 e. The number of hydrogen-bond acceptors (Lipinski definition) is 2. The molecule has 0 heterocycles. The van der Waals surface area contributed by atoms with E-state index in [1.807, 2.05) is 12.1 Å². The Morgan fingerprint density at radius 1 is 1.55 bits per heavy atom. The molecule has 0 N–H and O–H groups in total. The second-order valence-electron chi connectivity index (χ2n) is 2.16. The summed E-state index contributed by atoms with van der Waals surface area (Å²) in [4.78, 5) is 11.8. The molecule has 3 heteroatoms. The van der Waals surface area contributed by atoms with Crippen LogP contribution in [0.2, 0.25) is 0 Å². The molecule has 0 atom stereocenters. The van der Waals surface area contributed by atoms with Gasteiger partial charge in [0.1, 0.15) is 0 Å². The minimum absolute atomic E-state index is 0.0672. The first kappa shape index (κ1) is 8.62. The Kier molecular flexibility index (Phi) is 2.97. The molecule has 0 spiro atoms. The first-order chi connectivity index (χ1) is 5.24. The highest BCUT2D eigenvalue weighted by Gasteiger charge is 1.98. The summed E-state index contributed by atoms with van der Waals surface area (Å²) in [5.41, 5.74) is 0.704. The van der Waals surface area contributed by atoms with Gasteiger partial charge in [-0.2, -0.15) is 0 Å². The van der Waals surface area contributed by atoms with E-state index in [9.17, 15) is 4.79 Å². The third-order valence-electron chi connectivity index (χ3n) is 1.33. The van der Waals surface area contributed by atoms with Crippen molar-refractivity contribution in [3.8, 4) is 0 Å². The molecule has 58 valence electrons. The van der Waals surface area contributed by atoms with Crippen LogP contribution >= 0.6 is 21.7 Å². The van der Waals surface area contributed by atoms with Crippen LogP contribution in [0.4, 0.5) is 0 Å². The Morgan fingerprint density at radius 2 is 2.27 bits per heavy atom. The fourth-order valence-electron chi connectivity index (χ4n) is 0.763. The molecule has 0 aliphatic rings. The van der Waals surface area contributed by atoms with E-state index in [1.165, 1.54) is 6.92 Å². The van der Waals surface area contributed by atoms with Crippen molar-refractivity contribution >= 4 is 27.4 Å². The van der Waals surface area contributed by atoms with Gasteiger partial charge in [0.25, 0.3) is 0 Å². The number of rotatable bonds is 2. The van der Waals surface area contributed by atoms with E-state index in [4.69, 9.17) is 10.7 Å². The third-order valence-corrected chi connectivity index (χ3v) is 2.30. The second kappa shape index (κ2) is 3.79. The van der Waals surface area contributed by atoms with E-state index in [2.05, 4.69) is 0 Å². The van der Waals surface area contributed by atoms with E-state index in [0.717, 1.165) is 15.9 Å². The lowest BCUT2D eigenvalue weighted by Gasteiger charge is -1.96. The van der Waals surface area contributed by atoms with E-state index in [0.29, 0.717) is 5.56 Å². The topological polar surface area (TPSA) is 17.1 Å². The van der Waals surface area contributed by atoms with Crippen LogP contribution in [0.3, 0.4) is 0 Å². The van der Waals surface area contributed by atoms with Crippen LogP contribution in [-0.2, 0) is 0 Å². The van der Waals surface area contributed by atoms with E-state index in [1.54, 1.807) is 12.1 Å². The molecule has 1 aromatic carbocycles. The molecular weight excluding hydrogens is 180 g/mol. The first-order valence-corrected chi connectivity index (χ1v) is 4.78. The predicted molar refractivity (Wildman–Crippen MR) is 48.2 cm³/mol. The lowest BCUT2D eigenvalue weighted by molar-refractivity contribution is 0.101. The van der Waals surface area contributed by atoms with Gasteiger partial charge in [-0.3, -0.25) is 4.79 Å². The molecule has 0 fully saturated rings. The molecule has 0 unspecified atom stereocenters. The van der Waals surface area contributed by atoms with Crippen LogP contribution in [0.1, 0.15) is 17.3 Å². The lowest BCUT2D eigenvalue weighted by atomic mass is 10.2. The minimum atomic E-state index is 0.0672. The number of ketones is 1. The predicted octanol–water partition coefficient (Wildman–Crippen LogP) is 3.14. The molecule has 0 saturated heterocycles. The highest BCUT2D eigenvalue weighted by Crippen LogP contribution is 2.22. The number of benzene rings is 1. The summed E-state index contributed by atoms with van der Waals surface area (Å²) >= 11 is 0. The molecule has 0 aliphatic heterocycles. The van der Waals surface area contributed by atoms with Crippen molar-refractivity contribution < 1.29 is 4.79 Å². The Morgan fingerprint density at radius 3 is 2.82 bits per heavy atom. The van der Waals surface area contributed by atoms with Crippen LogP contribution < -0.4 is 0 Å². The van der Waals surface area contributed by atoms with Gasteiger partial charge in [-0.25, -0.2) is 0 Å². The van der Waals surface area contributed by atoms with Gasteiger partial charge < -0.3 is 0 Å². The molecule has 11 heavy (non-hydrogen) atoms. The number of Topliss-reactive ketones (excluding diaryl/α,β-unsaturated/α-hetero) is 1. The highest BCUT2D eigenvalue weighted by atomic mass is 35.7. The Labute approximate surface area is 74.3 Å². The zero-order chi connectivity index (χ0) is 8.27. The number of hydrogen-bond donors (Lipinski definition) is 0. The van der Waals surface area contributed by atoms with E-state index >= 15 is 0 Å². The number of halogens is 1. The molecule has 1 rings (SSSR count). The average molecular weight is 187 g/mol. The van der Waals surface area contributed by atoms with Gasteiger partial charge in [0, 0.05) is 10.5 Å². The first-order valence-electron chi connectivity index (χ1n) is 3.13. The summed E-state index contributed by atoms with van der Waals surface area (Å²) in [5, 5.41) is 0. The van der Waals surface area contributed by atoms with Crippen molar-refractivity contribution in [1.29, 1.82) is 0 Å². The maximum absolute atomic E-state index is 10.9. The fourth-order valence-corrected chi connectivity index (χ4v) is 1.35. The highest BCUT2D eigenvalue weighted by molar-refractivity contribution is 8.21. The molecule has 0 aliphatic carbocycles. The van der Waals surface area contributed by atoms with Gasteiger partial charge in [0.15, 0.2) is 5.78 Å². The average Bonchev–Trinajstić information content (AvgIpc) is 2.05. The summed E-state index contributed by atoms with van der Waals surface area (Å²) in [5.74, 6) is 0.0672. The fraction of sp³-hybridized carbons (Fsp3) is 0.125. The number of carbonyl (C=O) groups is 1. The quantitative estimate of drug-likeness (QED) is 0.661. The van der Waals surface area contributed by atoms with Crippen LogP contribution in [0.5, 0.6) is 0 Å². The summed E-state index contributed by atoms with van der Waals surface area (Å²) in [6, 6.07) is 7.24. The van der Waals surface area contributed by atoms with Gasteiger partial charge in [-0.1, -0.05) is 12.1 Å². The van der Waals surface area contributed by atoms with Crippen molar-refractivity contribution in [3.05, 3.63) is 29.8 Å². The Bertz CT molecular complexity index is 273. The van der Waals surface area contributed by atoms with E-state index < -0.39 is 0 Å². The van der Waals surface area contributed by atoms with Gasteiger partial charge in [0.05, 0.1) is 0 Å². The molecule has 1 nitrogen and oxygen atoms in total. The Hall–Kier alpha value is -0.470. The maximum Gasteiger partial charge on any atom is 0.159 e. The van der Waals surface area contributed by atoms with Gasteiger partial charge >= 0.3 is 0 Å². The van der Waals surface area contributed by atoms with Crippen molar-refractivity contribution in [3.63, 3.8) is 0 Å². The maximum atomic E-state index is 10.9. The largest absolute Gasteiger partial charge is 0.295 e. The van der Waals surface area contributed by atoms with Crippen LogP contribution in [0.25, 0.3) is 0 Å². The van der Waals surface area contributed by atoms with Gasteiger partial charge in [-0.15, -0.1) is 0 Å². The normalized spacial score (nSPS) is 9.64. The van der Waals surface area contributed by atoms with Crippen molar-refractivity contribution in [2.45, 2.75) is 11.8 Å². The standard InChI is InChI=1S/C8H7ClOS/c1-6(10)7-3-2-4-8(5-7)11-9/h2-5H,1H3. The summed E-state index contributed by atoms with van der Waals surface area (Å²) in [6.07, 6.45) is 0. The molecule has 0 bridgehead atoms. The zero-order valence-electron chi connectivity index (χ0n) is 6.00. The molecule has 0 saturated carbocycles. The molecular formula is C8H7ClOS. The van der Waals surface area contributed by atoms with Crippen LogP contribution in [-0.4, -0.2) is 5.78 Å². The van der Waals surface area contributed by atoms with Crippen LogP contribution in [0.15, 0.2) is 29.2 Å². The molecule has 0 radical (unpaired) electrons. The molecule has 0 amide bonds. The number of carbonyl (C=O) groups excluding carboxylic acids is 1. The van der Waals surface area contributed by atoms with Gasteiger partial charge in [0.2, 0.25) is 0 Å². The van der Waals surface area contributed by atoms with E-state index in [-0.39, 0.29) is 5.78 Å². The van der Waals surface area contributed by atoms with Crippen molar-refractivity contribution in [1.82, 2.24) is 0 Å². The Balaban J connectivity index is 3.01. The summed E-state index contributed by atoms with van der Waals surface area (Å²) in [7, 11) is 6.63. The van der Waals surface area contributed by atoms with Crippen molar-refractivity contribution in [2.75, 3.05) is 0 Å². The summed E-state index contributed by atoms with van der Waals surface area (Å²) < 4.78 is 0. The smallest absolute Gasteiger partial charge is 0.159 e. The molecule has 0 aromatic heterocycles. The monoisotopic (exact) mass is 186 g/mol.